The Morgan fingerprint density at radius 1 is 1.25 bits per heavy atom. The van der Waals surface area contributed by atoms with Crippen molar-refractivity contribution in [1.29, 1.82) is 0 Å². The van der Waals surface area contributed by atoms with Gasteiger partial charge in [-0.25, -0.2) is 13.2 Å². The smallest absolute Gasteiger partial charge is 0.149 e. The number of alkyl halides is 1. The number of benzene rings is 1. The molecule has 0 aliphatic carbocycles. The molecule has 0 aliphatic rings. The average molecular weight is 175 g/mol. The molecule has 0 atom stereocenters. The quantitative estimate of drug-likeness (QED) is 0.743. The maximum Gasteiger partial charge on any atom is 0.149 e. The van der Waals surface area contributed by atoms with Crippen LogP contribution in [0.3, 0.4) is 0 Å². The summed E-state index contributed by atoms with van der Waals surface area (Å²) in [6.45, 7) is -0.556. The van der Waals surface area contributed by atoms with Crippen LogP contribution in [0.4, 0.5) is 18.9 Å². The Hall–Kier alpha value is -1.19. The van der Waals surface area contributed by atoms with Gasteiger partial charge in [-0.3, -0.25) is 0 Å². The number of halogens is 3. The summed E-state index contributed by atoms with van der Waals surface area (Å²) in [4.78, 5) is 0. The van der Waals surface area contributed by atoms with Crippen molar-refractivity contribution in [3.63, 3.8) is 0 Å². The van der Waals surface area contributed by atoms with Gasteiger partial charge in [-0.2, -0.15) is 0 Å². The molecule has 0 fully saturated rings. The molecule has 66 valence electrons. The number of rotatable bonds is 3. The number of hydrogen-bond donors (Lipinski definition) is 1. The van der Waals surface area contributed by atoms with Gasteiger partial charge in [0.05, 0.1) is 5.69 Å². The molecule has 0 aliphatic heterocycles. The van der Waals surface area contributed by atoms with E-state index >= 15 is 0 Å². The molecule has 0 radical (unpaired) electrons. The van der Waals surface area contributed by atoms with E-state index in [-0.39, 0.29) is 12.2 Å². The summed E-state index contributed by atoms with van der Waals surface area (Å²) in [6.07, 6.45) is 0. The van der Waals surface area contributed by atoms with E-state index in [4.69, 9.17) is 0 Å². The molecule has 12 heavy (non-hydrogen) atoms. The molecule has 0 saturated heterocycles. The van der Waals surface area contributed by atoms with Gasteiger partial charge in [0, 0.05) is 12.6 Å². The lowest BCUT2D eigenvalue weighted by molar-refractivity contribution is 0.511. The first-order valence-electron chi connectivity index (χ1n) is 3.49. The topological polar surface area (TPSA) is 12.0 Å². The fourth-order valence-electron chi connectivity index (χ4n) is 0.815. The van der Waals surface area contributed by atoms with Crippen LogP contribution in [0.1, 0.15) is 0 Å². The predicted molar refractivity (Wildman–Crippen MR) is 40.8 cm³/mol. The van der Waals surface area contributed by atoms with Gasteiger partial charge in [-0.1, -0.05) is 0 Å². The summed E-state index contributed by atoms with van der Waals surface area (Å²) in [5.74, 6) is -1.35. The third-order valence-corrected chi connectivity index (χ3v) is 1.34. The van der Waals surface area contributed by atoms with Crippen LogP contribution >= 0.6 is 0 Å². The summed E-state index contributed by atoms with van der Waals surface area (Å²) >= 11 is 0. The van der Waals surface area contributed by atoms with Gasteiger partial charge < -0.3 is 5.32 Å². The maximum atomic E-state index is 12.7. The van der Waals surface area contributed by atoms with E-state index in [0.717, 1.165) is 12.1 Å². The summed E-state index contributed by atoms with van der Waals surface area (Å²) in [5.41, 5.74) is 0.119. The van der Waals surface area contributed by atoms with Crippen LogP contribution in [0.2, 0.25) is 0 Å². The van der Waals surface area contributed by atoms with Crippen molar-refractivity contribution in [3.8, 4) is 0 Å². The number of anilines is 1. The second kappa shape index (κ2) is 3.99. The molecular weight excluding hydrogens is 167 g/mol. The van der Waals surface area contributed by atoms with E-state index in [2.05, 4.69) is 5.32 Å². The van der Waals surface area contributed by atoms with Gasteiger partial charge in [0.25, 0.3) is 0 Å². The third kappa shape index (κ3) is 2.15. The Labute approximate surface area is 68.2 Å². The zero-order valence-electron chi connectivity index (χ0n) is 6.28. The van der Waals surface area contributed by atoms with Gasteiger partial charge in [0.1, 0.15) is 18.3 Å². The lowest BCUT2D eigenvalue weighted by Gasteiger charge is -2.03. The van der Waals surface area contributed by atoms with E-state index < -0.39 is 18.3 Å². The van der Waals surface area contributed by atoms with Gasteiger partial charge in [0.2, 0.25) is 0 Å². The van der Waals surface area contributed by atoms with E-state index in [1.807, 2.05) is 0 Å². The van der Waals surface area contributed by atoms with Crippen LogP contribution in [0.5, 0.6) is 0 Å². The Balaban J connectivity index is 2.72. The Morgan fingerprint density at radius 3 is 2.58 bits per heavy atom. The van der Waals surface area contributed by atoms with Crippen LogP contribution in [0, 0.1) is 11.6 Å². The Morgan fingerprint density at radius 2 is 2.00 bits per heavy atom. The summed E-state index contributed by atoms with van der Waals surface area (Å²) < 4.78 is 36.7. The zero-order chi connectivity index (χ0) is 8.97. The van der Waals surface area contributed by atoms with Crippen molar-refractivity contribution in [2.75, 3.05) is 18.5 Å². The Kier molecular flexibility index (Phi) is 2.96. The largest absolute Gasteiger partial charge is 0.380 e. The summed E-state index contributed by atoms with van der Waals surface area (Å²) in [5, 5.41) is 2.47. The fourth-order valence-corrected chi connectivity index (χ4v) is 0.815. The lowest BCUT2D eigenvalue weighted by atomic mass is 10.3. The maximum absolute atomic E-state index is 12.7. The van der Waals surface area contributed by atoms with Crippen molar-refractivity contribution in [3.05, 3.63) is 29.8 Å². The van der Waals surface area contributed by atoms with Gasteiger partial charge in [0.15, 0.2) is 0 Å². The summed E-state index contributed by atoms with van der Waals surface area (Å²) in [7, 11) is 0. The van der Waals surface area contributed by atoms with Crippen LogP contribution in [-0.4, -0.2) is 13.2 Å². The van der Waals surface area contributed by atoms with Gasteiger partial charge in [-0.05, 0) is 12.1 Å². The minimum atomic E-state index is -0.705. The molecule has 1 aromatic rings. The second-order valence-electron chi connectivity index (χ2n) is 2.24. The molecule has 1 aromatic carbocycles. The molecule has 0 bridgehead atoms. The predicted octanol–water partition coefficient (Wildman–Crippen LogP) is 2.35. The lowest BCUT2D eigenvalue weighted by Crippen LogP contribution is -2.04. The average Bonchev–Trinajstić information content (AvgIpc) is 2.03. The molecule has 4 heteroatoms. The fraction of sp³-hybridized carbons (Fsp3) is 0.250. The minimum absolute atomic E-state index is 0.0303. The van der Waals surface area contributed by atoms with Crippen LogP contribution in [0.15, 0.2) is 18.2 Å². The molecular formula is C8H8F3N. The van der Waals surface area contributed by atoms with E-state index in [0.29, 0.717) is 0 Å². The first kappa shape index (κ1) is 8.90. The van der Waals surface area contributed by atoms with E-state index in [1.165, 1.54) is 6.07 Å². The molecule has 1 nitrogen and oxygen atoms in total. The Bertz CT molecular complexity index is 262. The van der Waals surface area contributed by atoms with Crippen molar-refractivity contribution in [1.82, 2.24) is 0 Å². The van der Waals surface area contributed by atoms with Crippen molar-refractivity contribution >= 4 is 5.69 Å². The molecule has 0 heterocycles. The van der Waals surface area contributed by atoms with Crippen molar-refractivity contribution < 1.29 is 13.2 Å². The zero-order valence-corrected chi connectivity index (χ0v) is 6.28. The highest BCUT2D eigenvalue weighted by Gasteiger charge is 2.01. The third-order valence-electron chi connectivity index (χ3n) is 1.34. The monoisotopic (exact) mass is 175 g/mol. The first-order valence-corrected chi connectivity index (χ1v) is 3.49. The van der Waals surface area contributed by atoms with Crippen molar-refractivity contribution in [2.24, 2.45) is 0 Å². The standard InChI is InChI=1S/C8H8F3N/c9-3-4-12-8-2-1-6(10)5-7(8)11/h1-2,5,12H,3-4H2. The first-order chi connectivity index (χ1) is 5.74. The molecule has 1 rings (SSSR count). The van der Waals surface area contributed by atoms with Crippen LogP contribution in [0.25, 0.3) is 0 Å². The molecule has 0 amide bonds. The highest BCUT2D eigenvalue weighted by molar-refractivity contribution is 5.44. The van der Waals surface area contributed by atoms with Crippen LogP contribution < -0.4 is 5.32 Å². The van der Waals surface area contributed by atoms with Gasteiger partial charge in [-0.15, -0.1) is 0 Å². The minimum Gasteiger partial charge on any atom is -0.380 e. The number of nitrogens with one attached hydrogen (secondary N) is 1. The molecule has 1 N–H and O–H groups in total. The molecule has 0 unspecified atom stereocenters. The van der Waals surface area contributed by atoms with Gasteiger partial charge >= 0.3 is 0 Å². The number of hydrogen-bond acceptors (Lipinski definition) is 1. The second-order valence-corrected chi connectivity index (χ2v) is 2.24. The molecule has 0 saturated carbocycles. The van der Waals surface area contributed by atoms with E-state index in [1.54, 1.807) is 0 Å². The highest BCUT2D eigenvalue weighted by atomic mass is 19.1. The van der Waals surface area contributed by atoms with E-state index in [9.17, 15) is 13.2 Å². The van der Waals surface area contributed by atoms with Crippen LogP contribution in [-0.2, 0) is 0 Å². The SMILES string of the molecule is FCCNc1ccc(F)cc1F. The van der Waals surface area contributed by atoms with Crippen molar-refractivity contribution in [2.45, 2.75) is 0 Å². The normalized spacial score (nSPS) is 9.92. The molecule has 0 spiro atoms. The molecule has 0 aromatic heterocycles. The summed E-state index contributed by atoms with van der Waals surface area (Å²) in [6, 6.07) is 3.10. The highest BCUT2D eigenvalue weighted by Crippen LogP contribution is 2.14.